The standard InChI is InChI=1S/C9H16N6O2/c10-14-9(6-15(16)17)12-4-2-1-3-8-5-11-7-13-8/h5-7,12,14H,1-4,10H2,(H,11,13)/b9-6-. The number of hydrazine groups is 1. The fourth-order valence-corrected chi connectivity index (χ4v) is 1.32. The Hall–Kier alpha value is -2.09. The summed E-state index contributed by atoms with van der Waals surface area (Å²) < 4.78 is 0. The fraction of sp³-hybridized carbons (Fsp3) is 0.444. The van der Waals surface area contributed by atoms with Gasteiger partial charge in [0.2, 0.25) is 0 Å². The number of hydrogen-bond acceptors (Lipinski definition) is 6. The molecule has 0 atom stereocenters. The molecular formula is C9H16N6O2. The third-order valence-electron chi connectivity index (χ3n) is 2.12. The van der Waals surface area contributed by atoms with E-state index in [2.05, 4.69) is 20.7 Å². The number of H-pyrrole nitrogens is 1. The van der Waals surface area contributed by atoms with Crippen molar-refractivity contribution in [2.45, 2.75) is 19.3 Å². The highest BCUT2D eigenvalue weighted by atomic mass is 16.6. The highest BCUT2D eigenvalue weighted by Crippen LogP contribution is 1.99. The first kappa shape index (κ1) is 13.0. The number of aromatic amines is 1. The van der Waals surface area contributed by atoms with E-state index in [1.165, 1.54) is 0 Å². The van der Waals surface area contributed by atoms with Gasteiger partial charge in [-0.25, -0.2) is 10.8 Å². The van der Waals surface area contributed by atoms with Crippen LogP contribution in [-0.2, 0) is 6.42 Å². The van der Waals surface area contributed by atoms with E-state index in [9.17, 15) is 10.1 Å². The molecule has 0 aliphatic heterocycles. The lowest BCUT2D eigenvalue weighted by molar-refractivity contribution is -0.404. The zero-order valence-electron chi connectivity index (χ0n) is 9.35. The zero-order chi connectivity index (χ0) is 12.5. The molecular weight excluding hydrogens is 224 g/mol. The number of aromatic nitrogens is 2. The van der Waals surface area contributed by atoms with Crippen molar-refractivity contribution in [3.8, 4) is 0 Å². The van der Waals surface area contributed by atoms with Crippen LogP contribution in [0, 0.1) is 10.1 Å². The molecule has 1 heterocycles. The fourth-order valence-electron chi connectivity index (χ4n) is 1.32. The van der Waals surface area contributed by atoms with E-state index in [0.717, 1.165) is 31.2 Å². The molecule has 94 valence electrons. The van der Waals surface area contributed by atoms with Crippen LogP contribution in [0.15, 0.2) is 24.5 Å². The lowest BCUT2D eigenvalue weighted by Gasteiger charge is -2.06. The normalized spacial score (nSPS) is 11.2. The van der Waals surface area contributed by atoms with Gasteiger partial charge in [0.25, 0.3) is 6.20 Å². The summed E-state index contributed by atoms with van der Waals surface area (Å²) in [7, 11) is 0. The summed E-state index contributed by atoms with van der Waals surface area (Å²) in [5, 5.41) is 13.0. The molecule has 0 aromatic carbocycles. The third kappa shape index (κ3) is 5.52. The van der Waals surface area contributed by atoms with Crippen LogP contribution in [0.3, 0.4) is 0 Å². The number of rotatable bonds is 8. The van der Waals surface area contributed by atoms with Crippen molar-refractivity contribution < 1.29 is 4.92 Å². The monoisotopic (exact) mass is 240 g/mol. The summed E-state index contributed by atoms with van der Waals surface area (Å²) in [5.74, 6) is 5.32. The maximum absolute atomic E-state index is 10.2. The molecule has 1 aromatic rings. The van der Waals surface area contributed by atoms with Gasteiger partial charge in [0.1, 0.15) is 0 Å². The molecule has 0 saturated heterocycles. The maximum atomic E-state index is 10.2. The van der Waals surface area contributed by atoms with Crippen molar-refractivity contribution >= 4 is 0 Å². The summed E-state index contributed by atoms with van der Waals surface area (Å²) in [5.41, 5.74) is 3.25. The Balaban J connectivity index is 2.13. The summed E-state index contributed by atoms with van der Waals surface area (Å²) in [4.78, 5) is 16.6. The quantitative estimate of drug-likeness (QED) is 0.217. The Bertz CT molecular complexity index is 362. The molecule has 0 bridgehead atoms. The average Bonchev–Trinajstić information content (AvgIpc) is 2.79. The number of aryl methyl sites for hydroxylation is 1. The minimum Gasteiger partial charge on any atom is -0.366 e. The van der Waals surface area contributed by atoms with Crippen molar-refractivity contribution in [3.63, 3.8) is 0 Å². The molecule has 0 spiro atoms. The zero-order valence-corrected chi connectivity index (χ0v) is 9.35. The molecule has 0 aliphatic carbocycles. The van der Waals surface area contributed by atoms with Crippen molar-refractivity contribution in [3.05, 3.63) is 40.4 Å². The van der Waals surface area contributed by atoms with Gasteiger partial charge in [-0.1, -0.05) is 0 Å². The lowest BCUT2D eigenvalue weighted by atomic mass is 10.2. The Morgan fingerprint density at radius 1 is 1.65 bits per heavy atom. The van der Waals surface area contributed by atoms with E-state index in [4.69, 9.17) is 5.84 Å². The number of nitrogens with two attached hydrogens (primary N) is 1. The van der Waals surface area contributed by atoms with E-state index < -0.39 is 4.92 Å². The van der Waals surface area contributed by atoms with Crippen molar-refractivity contribution in [2.24, 2.45) is 5.84 Å². The van der Waals surface area contributed by atoms with Crippen molar-refractivity contribution in [1.29, 1.82) is 0 Å². The second-order valence-electron chi connectivity index (χ2n) is 3.42. The van der Waals surface area contributed by atoms with Crippen LogP contribution in [0.4, 0.5) is 0 Å². The van der Waals surface area contributed by atoms with Gasteiger partial charge < -0.3 is 15.7 Å². The average molecular weight is 240 g/mol. The summed E-state index contributed by atoms with van der Waals surface area (Å²) in [6.07, 6.45) is 7.01. The van der Waals surface area contributed by atoms with Gasteiger partial charge in [-0.3, -0.25) is 10.1 Å². The Labute approximate surface area is 98.4 Å². The molecule has 8 nitrogen and oxygen atoms in total. The van der Waals surface area contributed by atoms with Gasteiger partial charge in [-0.2, -0.15) is 0 Å². The van der Waals surface area contributed by atoms with Crippen LogP contribution < -0.4 is 16.6 Å². The second kappa shape index (κ2) is 7.23. The number of nitrogens with one attached hydrogen (secondary N) is 3. The van der Waals surface area contributed by atoms with Gasteiger partial charge in [-0.15, -0.1) is 0 Å². The number of imidazole rings is 1. The van der Waals surface area contributed by atoms with E-state index in [1.54, 1.807) is 6.33 Å². The van der Waals surface area contributed by atoms with Gasteiger partial charge in [-0.05, 0) is 19.3 Å². The lowest BCUT2D eigenvalue weighted by Crippen LogP contribution is -2.32. The number of unbranched alkanes of at least 4 members (excludes halogenated alkanes) is 1. The topological polar surface area (TPSA) is 122 Å². The molecule has 5 N–H and O–H groups in total. The van der Waals surface area contributed by atoms with Crippen LogP contribution in [0.25, 0.3) is 0 Å². The SMILES string of the molecule is NN/C(=C\[N+](=O)[O-])NCCCCc1c[nH]cn1. The van der Waals surface area contributed by atoms with Gasteiger partial charge in [0.05, 0.1) is 16.9 Å². The summed E-state index contributed by atoms with van der Waals surface area (Å²) in [6, 6.07) is 0. The Morgan fingerprint density at radius 2 is 2.47 bits per heavy atom. The predicted octanol–water partition coefficient (Wildman–Crippen LogP) is -0.139. The Morgan fingerprint density at radius 3 is 3.06 bits per heavy atom. The molecule has 0 radical (unpaired) electrons. The first-order valence-corrected chi connectivity index (χ1v) is 5.26. The number of nitro groups is 1. The molecule has 17 heavy (non-hydrogen) atoms. The minimum atomic E-state index is -0.564. The van der Waals surface area contributed by atoms with E-state index in [0.29, 0.717) is 6.54 Å². The molecule has 0 amide bonds. The first-order chi connectivity index (χ1) is 8.22. The number of hydrogen-bond donors (Lipinski definition) is 4. The highest BCUT2D eigenvalue weighted by molar-refractivity contribution is 4.94. The van der Waals surface area contributed by atoms with Crippen LogP contribution >= 0.6 is 0 Å². The van der Waals surface area contributed by atoms with Gasteiger partial charge in [0, 0.05) is 12.7 Å². The molecule has 0 saturated carbocycles. The molecule has 1 rings (SSSR count). The van der Waals surface area contributed by atoms with Crippen LogP contribution in [0.1, 0.15) is 18.5 Å². The van der Waals surface area contributed by atoms with Crippen LogP contribution in [-0.4, -0.2) is 21.4 Å². The van der Waals surface area contributed by atoms with Gasteiger partial charge >= 0.3 is 0 Å². The van der Waals surface area contributed by atoms with E-state index in [-0.39, 0.29) is 5.82 Å². The molecule has 0 unspecified atom stereocenters. The van der Waals surface area contributed by atoms with Crippen molar-refractivity contribution in [1.82, 2.24) is 20.7 Å². The third-order valence-corrected chi connectivity index (χ3v) is 2.12. The smallest absolute Gasteiger partial charge is 0.275 e. The number of nitrogens with zero attached hydrogens (tertiary/aromatic N) is 2. The molecule has 1 aromatic heterocycles. The molecule has 0 aliphatic rings. The second-order valence-corrected chi connectivity index (χ2v) is 3.42. The van der Waals surface area contributed by atoms with Gasteiger partial charge in [0.15, 0.2) is 5.82 Å². The Kier molecular flexibility index (Phi) is 5.52. The van der Waals surface area contributed by atoms with Crippen LogP contribution in [0.5, 0.6) is 0 Å². The largest absolute Gasteiger partial charge is 0.366 e. The molecule has 0 fully saturated rings. The van der Waals surface area contributed by atoms with E-state index in [1.807, 2.05) is 6.20 Å². The maximum Gasteiger partial charge on any atom is 0.275 e. The minimum absolute atomic E-state index is 0.203. The molecule has 8 heteroatoms. The summed E-state index contributed by atoms with van der Waals surface area (Å²) >= 11 is 0. The summed E-state index contributed by atoms with van der Waals surface area (Å²) in [6.45, 7) is 0.619. The predicted molar refractivity (Wildman–Crippen MR) is 61.9 cm³/mol. The van der Waals surface area contributed by atoms with Crippen LogP contribution in [0.2, 0.25) is 0 Å². The van der Waals surface area contributed by atoms with E-state index >= 15 is 0 Å². The van der Waals surface area contributed by atoms with Crippen molar-refractivity contribution in [2.75, 3.05) is 6.54 Å². The highest BCUT2D eigenvalue weighted by Gasteiger charge is 2.00. The first-order valence-electron chi connectivity index (χ1n) is 5.26.